The summed E-state index contributed by atoms with van der Waals surface area (Å²) in [5.74, 6) is 0. The number of unbranched alkanes of at least 4 members (excludes halogenated alkanes) is 5. The first-order chi connectivity index (χ1) is 10.3. The quantitative estimate of drug-likeness (QED) is 0.313. The molecule has 22 heavy (non-hydrogen) atoms. The molecular formula is C14H19Cl4NO2S. The van der Waals surface area contributed by atoms with Crippen molar-refractivity contribution < 1.29 is 8.42 Å². The summed E-state index contributed by atoms with van der Waals surface area (Å²) in [4.78, 5) is -0.153. The average Bonchev–Trinajstić information content (AvgIpc) is 2.47. The number of benzene rings is 1. The molecule has 1 aromatic rings. The van der Waals surface area contributed by atoms with Crippen LogP contribution in [0, 0.1) is 0 Å². The van der Waals surface area contributed by atoms with Gasteiger partial charge in [-0.15, -0.1) is 0 Å². The van der Waals surface area contributed by atoms with Gasteiger partial charge in [0, 0.05) is 6.54 Å². The van der Waals surface area contributed by atoms with Crippen LogP contribution in [0.15, 0.2) is 11.0 Å². The topological polar surface area (TPSA) is 46.2 Å². The number of nitrogens with one attached hydrogen (secondary N) is 1. The molecule has 0 unspecified atom stereocenters. The van der Waals surface area contributed by atoms with E-state index in [0.717, 1.165) is 19.3 Å². The van der Waals surface area contributed by atoms with Crippen LogP contribution >= 0.6 is 46.4 Å². The summed E-state index contributed by atoms with van der Waals surface area (Å²) in [6, 6.07) is 1.21. The van der Waals surface area contributed by atoms with Crippen LogP contribution in [-0.2, 0) is 10.0 Å². The third-order valence-electron chi connectivity index (χ3n) is 3.18. The van der Waals surface area contributed by atoms with E-state index < -0.39 is 10.0 Å². The van der Waals surface area contributed by atoms with Gasteiger partial charge in [0.1, 0.15) is 4.90 Å². The van der Waals surface area contributed by atoms with Gasteiger partial charge in [-0.25, -0.2) is 13.1 Å². The summed E-state index contributed by atoms with van der Waals surface area (Å²) in [7, 11) is -3.76. The Balaban J connectivity index is 2.64. The lowest BCUT2D eigenvalue weighted by molar-refractivity contribution is 0.567. The first-order valence-electron chi connectivity index (χ1n) is 7.14. The van der Waals surface area contributed by atoms with Gasteiger partial charge in [0.15, 0.2) is 0 Å². The Kier molecular flexibility index (Phi) is 8.83. The van der Waals surface area contributed by atoms with Gasteiger partial charge in [0.25, 0.3) is 0 Å². The fourth-order valence-corrected chi connectivity index (χ4v) is 4.34. The predicted molar refractivity (Wildman–Crippen MR) is 95.0 cm³/mol. The van der Waals surface area contributed by atoms with Gasteiger partial charge >= 0.3 is 0 Å². The number of hydrogen-bond acceptors (Lipinski definition) is 2. The number of rotatable bonds is 9. The third kappa shape index (κ3) is 5.73. The minimum Gasteiger partial charge on any atom is -0.211 e. The highest BCUT2D eigenvalue weighted by atomic mass is 35.5. The van der Waals surface area contributed by atoms with Crippen LogP contribution in [0.1, 0.15) is 45.4 Å². The van der Waals surface area contributed by atoms with Crippen molar-refractivity contribution in [2.45, 2.75) is 50.3 Å². The van der Waals surface area contributed by atoms with Gasteiger partial charge in [-0.1, -0.05) is 85.4 Å². The smallest absolute Gasteiger partial charge is 0.211 e. The average molecular weight is 407 g/mol. The molecule has 1 aromatic carbocycles. The molecule has 0 aliphatic carbocycles. The zero-order valence-electron chi connectivity index (χ0n) is 12.3. The fraction of sp³-hybridized carbons (Fsp3) is 0.571. The first kappa shape index (κ1) is 20.3. The van der Waals surface area contributed by atoms with E-state index in [4.69, 9.17) is 46.4 Å². The predicted octanol–water partition coefficient (Wildman–Crippen LogP) is 5.94. The highest BCUT2D eigenvalue weighted by Gasteiger charge is 2.22. The largest absolute Gasteiger partial charge is 0.242 e. The normalized spacial score (nSPS) is 11.9. The van der Waals surface area contributed by atoms with Crippen LogP contribution in [0.5, 0.6) is 0 Å². The Morgan fingerprint density at radius 1 is 0.909 bits per heavy atom. The van der Waals surface area contributed by atoms with Crippen LogP contribution in [-0.4, -0.2) is 15.0 Å². The van der Waals surface area contributed by atoms with Crippen LogP contribution in [0.25, 0.3) is 0 Å². The summed E-state index contributed by atoms with van der Waals surface area (Å²) in [6.45, 7) is 2.50. The lowest BCUT2D eigenvalue weighted by Gasteiger charge is -2.11. The molecule has 8 heteroatoms. The molecular weight excluding hydrogens is 388 g/mol. The summed E-state index contributed by atoms with van der Waals surface area (Å²) in [5, 5.41) is -0.0819. The Labute approximate surface area is 152 Å². The van der Waals surface area contributed by atoms with Gasteiger partial charge < -0.3 is 0 Å². The van der Waals surface area contributed by atoms with E-state index in [1.54, 1.807) is 0 Å². The van der Waals surface area contributed by atoms with E-state index in [9.17, 15) is 8.42 Å². The zero-order chi connectivity index (χ0) is 16.8. The molecule has 0 spiro atoms. The molecule has 1 N–H and O–H groups in total. The van der Waals surface area contributed by atoms with E-state index >= 15 is 0 Å². The monoisotopic (exact) mass is 405 g/mol. The van der Waals surface area contributed by atoms with E-state index in [1.807, 2.05) is 0 Å². The lowest BCUT2D eigenvalue weighted by Crippen LogP contribution is -2.25. The second-order valence-electron chi connectivity index (χ2n) is 4.96. The van der Waals surface area contributed by atoms with Crippen LogP contribution < -0.4 is 4.72 Å². The van der Waals surface area contributed by atoms with Gasteiger partial charge in [-0.05, 0) is 12.5 Å². The van der Waals surface area contributed by atoms with Gasteiger partial charge in [-0.3, -0.25) is 0 Å². The van der Waals surface area contributed by atoms with Crippen molar-refractivity contribution in [1.29, 1.82) is 0 Å². The Hall–Kier alpha value is 0.290. The van der Waals surface area contributed by atoms with E-state index in [-0.39, 0.29) is 25.0 Å². The molecule has 0 bridgehead atoms. The molecule has 0 aliphatic rings. The molecule has 3 nitrogen and oxygen atoms in total. The second-order valence-corrected chi connectivity index (χ2v) is 8.24. The molecule has 0 aliphatic heterocycles. The SMILES string of the molecule is CCCCCCCCNS(=O)(=O)c1cc(Cl)c(Cl)c(Cl)c1Cl. The van der Waals surface area contributed by atoms with Crippen LogP contribution in [0.3, 0.4) is 0 Å². The van der Waals surface area contributed by atoms with Crippen molar-refractivity contribution >= 4 is 56.4 Å². The standard InChI is InChI=1S/C14H19Cl4NO2S/c1-2-3-4-5-6-7-8-19-22(20,21)11-9-10(15)12(16)14(18)13(11)17/h9,19H,2-8H2,1H3. The molecule has 0 amide bonds. The summed E-state index contributed by atoms with van der Waals surface area (Å²) in [5.41, 5.74) is 0. The maximum atomic E-state index is 12.2. The van der Waals surface area contributed by atoms with Gasteiger partial charge in [-0.2, -0.15) is 0 Å². The Bertz CT molecular complexity index is 605. The number of sulfonamides is 1. The van der Waals surface area contributed by atoms with Crippen molar-refractivity contribution in [2.75, 3.05) is 6.54 Å². The molecule has 0 saturated heterocycles. The number of halogens is 4. The first-order valence-corrected chi connectivity index (χ1v) is 10.1. The van der Waals surface area contributed by atoms with Crippen molar-refractivity contribution in [3.8, 4) is 0 Å². The van der Waals surface area contributed by atoms with Crippen LogP contribution in [0.4, 0.5) is 0 Å². The van der Waals surface area contributed by atoms with Crippen molar-refractivity contribution in [3.05, 3.63) is 26.2 Å². The number of hydrogen-bond donors (Lipinski definition) is 1. The lowest BCUT2D eigenvalue weighted by atomic mass is 10.1. The molecule has 0 heterocycles. The van der Waals surface area contributed by atoms with Crippen LogP contribution in [0.2, 0.25) is 20.1 Å². The van der Waals surface area contributed by atoms with Crippen molar-refractivity contribution in [2.24, 2.45) is 0 Å². The Morgan fingerprint density at radius 2 is 1.50 bits per heavy atom. The molecule has 0 fully saturated rings. The van der Waals surface area contributed by atoms with Crippen molar-refractivity contribution in [3.63, 3.8) is 0 Å². The maximum absolute atomic E-state index is 12.2. The molecule has 0 atom stereocenters. The van der Waals surface area contributed by atoms with E-state index in [2.05, 4.69) is 11.6 Å². The molecule has 0 saturated carbocycles. The zero-order valence-corrected chi connectivity index (χ0v) is 16.1. The van der Waals surface area contributed by atoms with Gasteiger partial charge in [0.2, 0.25) is 10.0 Å². The molecule has 0 aromatic heterocycles. The highest BCUT2D eigenvalue weighted by molar-refractivity contribution is 7.89. The third-order valence-corrected chi connectivity index (χ3v) is 6.53. The van der Waals surface area contributed by atoms with E-state index in [1.165, 1.54) is 25.3 Å². The van der Waals surface area contributed by atoms with Gasteiger partial charge in [0.05, 0.1) is 20.1 Å². The summed E-state index contributed by atoms with van der Waals surface area (Å²) < 4.78 is 27.0. The summed E-state index contributed by atoms with van der Waals surface area (Å²) in [6.07, 6.45) is 6.44. The molecule has 0 radical (unpaired) electrons. The highest BCUT2D eigenvalue weighted by Crippen LogP contribution is 2.39. The summed E-state index contributed by atoms with van der Waals surface area (Å²) >= 11 is 23.5. The maximum Gasteiger partial charge on any atom is 0.242 e. The molecule has 1 rings (SSSR count). The molecule has 126 valence electrons. The fourth-order valence-electron chi connectivity index (χ4n) is 1.94. The minimum absolute atomic E-state index is 0.0446. The Morgan fingerprint density at radius 3 is 2.14 bits per heavy atom. The minimum atomic E-state index is -3.76. The second kappa shape index (κ2) is 9.55. The van der Waals surface area contributed by atoms with Crippen molar-refractivity contribution in [1.82, 2.24) is 4.72 Å². The van der Waals surface area contributed by atoms with E-state index in [0.29, 0.717) is 6.54 Å².